The maximum absolute atomic E-state index is 11.1. The summed E-state index contributed by atoms with van der Waals surface area (Å²) in [5, 5.41) is 15.3. The Balaban J connectivity index is 2.04. The van der Waals surface area contributed by atoms with Gasteiger partial charge in [-0.25, -0.2) is 0 Å². The third-order valence-electron chi connectivity index (χ3n) is 3.54. The van der Waals surface area contributed by atoms with Gasteiger partial charge < -0.3 is 10.4 Å². The summed E-state index contributed by atoms with van der Waals surface area (Å²) in [4.78, 5) is 11.1. The van der Waals surface area contributed by atoms with Crippen LogP contribution in [0.4, 0.5) is 0 Å². The molecule has 0 spiro atoms. The number of aliphatic hydroxyl groups is 1. The zero-order valence-corrected chi connectivity index (χ0v) is 10.2. The zero-order valence-electron chi connectivity index (χ0n) is 10.2. The Morgan fingerprint density at radius 2 is 1.94 bits per heavy atom. The molecule has 0 aliphatic heterocycles. The molecule has 2 aromatic carbocycles. The lowest BCUT2D eigenvalue weighted by atomic mass is 10.0. The first-order valence-electron chi connectivity index (χ1n) is 6.12. The van der Waals surface area contributed by atoms with Crippen LogP contribution in [-0.2, 0) is 11.2 Å². The second kappa shape index (κ2) is 4.10. The van der Waals surface area contributed by atoms with E-state index in [1.165, 1.54) is 12.3 Å². The van der Waals surface area contributed by atoms with E-state index >= 15 is 0 Å². The van der Waals surface area contributed by atoms with Crippen molar-refractivity contribution in [2.75, 3.05) is 0 Å². The van der Waals surface area contributed by atoms with Gasteiger partial charge in [0.05, 0.1) is 12.1 Å². The Bertz CT molecular complexity index is 621. The van der Waals surface area contributed by atoms with Crippen LogP contribution in [0.3, 0.4) is 0 Å². The van der Waals surface area contributed by atoms with Gasteiger partial charge in [-0.2, -0.15) is 0 Å². The van der Waals surface area contributed by atoms with Gasteiger partial charge >= 0.3 is 0 Å². The molecule has 0 bridgehead atoms. The van der Waals surface area contributed by atoms with Crippen LogP contribution in [0.15, 0.2) is 36.4 Å². The van der Waals surface area contributed by atoms with Crippen molar-refractivity contribution < 1.29 is 9.90 Å². The van der Waals surface area contributed by atoms with Crippen LogP contribution in [0, 0.1) is 0 Å². The van der Waals surface area contributed by atoms with Gasteiger partial charge in [-0.15, -0.1) is 0 Å². The monoisotopic (exact) mass is 241 g/mol. The standard InChI is InChI=1S/C15H15NO2/c1-9(17)16-14-8-12-6-10-4-2-3-5-11(10)7-13(12)15(14)18/h2-7,14-15,18H,8H2,1H3,(H,16,17)/t14-,15-/m1/s1. The van der Waals surface area contributed by atoms with Gasteiger partial charge in [0.15, 0.2) is 0 Å². The third kappa shape index (κ3) is 1.77. The summed E-state index contributed by atoms with van der Waals surface area (Å²) < 4.78 is 0. The van der Waals surface area contributed by atoms with Crippen LogP contribution in [0.1, 0.15) is 24.2 Å². The molecule has 1 aliphatic carbocycles. The molecule has 18 heavy (non-hydrogen) atoms. The number of hydrogen-bond acceptors (Lipinski definition) is 2. The van der Waals surface area contributed by atoms with Gasteiger partial charge in [0.1, 0.15) is 0 Å². The number of nitrogens with one attached hydrogen (secondary N) is 1. The van der Waals surface area contributed by atoms with E-state index in [4.69, 9.17) is 0 Å². The second-order valence-corrected chi connectivity index (χ2v) is 4.85. The summed E-state index contributed by atoms with van der Waals surface area (Å²) in [7, 11) is 0. The molecule has 3 heteroatoms. The highest BCUT2D eigenvalue weighted by molar-refractivity contribution is 5.84. The molecule has 0 fully saturated rings. The van der Waals surface area contributed by atoms with Crippen LogP contribution >= 0.6 is 0 Å². The van der Waals surface area contributed by atoms with Gasteiger partial charge in [-0.05, 0) is 34.4 Å². The van der Waals surface area contributed by atoms with Crippen LogP contribution in [-0.4, -0.2) is 17.1 Å². The lowest BCUT2D eigenvalue weighted by molar-refractivity contribution is -0.120. The minimum Gasteiger partial charge on any atom is -0.386 e. The largest absolute Gasteiger partial charge is 0.386 e. The molecule has 2 N–H and O–H groups in total. The summed E-state index contributed by atoms with van der Waals surface area (Å²) in [5.41, 5.74) is 2.06. The molecule has 3 rings (SSSR count). The normalized spacial score (nSPS) is 21.9. The van der Waals surface area contributed by atoms with Crippen molar-refractivity contribution in [3.8, 4) is 0 Å². The molecule has 2 atom stereocenters. The topological polar surface area (TPSA) is 49.3 Å². The number of benzene rings is 2. The first kappa shape index (κ1) is 11.2. The van der Waals surface area contributed by atoms with Crippen molar-refractivity contribution in [3.63, 3.8) is 0 Å². The molecule has 0 heterocycles. The van der Waals surface area contributed by atoms with Crippen molar-refractivity contribution in [3.05, 3.63) is 47.5 Å². The van der Waals surface area contributed by atoms with E-state index in [0.29, 0.717) is 6.42 Å². The fourth-order valence-electron chi connectivity index (χ4n) is 2.71. The van der Waals surface area contributed by atoms with Crippen LogP contribution < -0.4 is 5.32 Å². The van der Waals surface area contributed by atoms with E-state index in [-0.39, 0.29) is 11.9 Å². The number of aliphatic hydroxyl groups excluding tert-OH is 1. The molecule has 0 saturated heterocycles. The Kier molecular flexibility index (Phi) is 2.56. The van der Waals surface area contributed by atoms with Crippen molar-refractivity contribution in [2.24, 2.45) is 0 Å². The SMILES string of the molecule is CC(=O)N[C@@H]1Cc2cc3ccccc3cc2[C@H]1O. The minimum absolute atomic E-state index is 0.101. The smallest absolute Gasteiger partial charge is 0.217 e. The van der Waals surface area contributed by atoms with E-state index in [2.05, 4.69) is 17.4 Å². The number of hydrogen-bond donors (Lipinski definition) is 2. The van der Waals surface area contributed by atoms with E-state index in [1.807, 2.05) is 24.3 Å². The molecular weight excluding hydrogens is 226 g/mol. The summed E-state index contributed by atoms with van der Waals surface area (Å²) in [5.74, 6) is -0.101. The molecule has 1 amide bonds. The molecule has 0 unspecified atom stereocenters. The highest BCUT2D eigenvalue weighted by Gasteiger charge is 2.31. The van der Waals surface area contributed by atoms with Gasteiger partial charge in [-0.1, -0.05) is 30.3 Å². The highest BCUT2D eigenvalue weighted by atomic mass is 16.3. The van der Waals surface area contributed by atoms with Crippen molar-refractivity contribution in [1.82, 2.24) is 5.32 Å². The Morgan fingerprint density at radius 3 is 2.61 bits per heavy atom. The highest BCUT2D eigenvalue weighted by Crippen LogP contribution is 2.34. The zero-order chi connectivity index (χ0) is 12.7. The molecule has 0 aromatic heterocycles. The lowest BCUT2D eigenvalue weighted by Gasteiger charge is -2.15. The average Bonchev–Trinajstić information content (AvgIpc) is 2.63. The van der Waals surface area contributed by atoms with Crippen LogP contribution in [0.5, 0.6) is 0 Å². The number of carbonyl (C=O) groups is 1. The average molecular weight is 241 g/mol. The number of amides is 1. The van der Waals surface area contributed by atoms with Crippen molar-refractivity contribution >= 4 is 16.7 Å². The molecule has 2 aromatic rings. The van der Waals surface area contributed by atoms with Gasteiger partial charge in [0, 0.05) is 6.92 Å². The quantitative estimate of drug-likeness (QED) is 0.801. The molecule has 3 nitrogen and oxygen atoms in total. The lowest BCUT2D eigenvalue weighted by Crippen LogP contribution is -2.36. The second-order valence-electron chi connectivity index (χ2n) is 4.85. The molecular formula is C15H15NO2. The van der Waals surface area contributed by atoms with Crippen molar-refractivity contribution in [2.45, 2.75) is 25.5 Å². The molecule has 0 saturated carbocycles. The van der Waals surface area contributed by atoms with E-state index in [9.17, 15) is 9.90 Å². The summed E-state index contributed by atoms with van der Waals surface area (Å²) in [6.45, 7) is 1.48. The Hall–Kier alpha value is -1.87. The fraction of sp³-hybridized carbons (Fsp3) is 0.267. The fourth-order valence-corrected chi connectivity index (χ4v) is 2.71. The van der Waals surface area contributed by atoms with E-state index < -0.39 is 6.10 Å². The first-order valence-corrected chi connectivity index (χ1v) is 6.12. The van der Waals surface area contributed by atoms with Gasteiger partial charge in [-0.3, -0.25) is 4.79 Å². The Labute approximate surface area is 105 Å². The minimum atomic E-state index is -0.603. The Morgan fingerprint density at radius 1 is 1.28 bits per heavy atom. The first-order chi connectivity index (χ1) is 8.65. The van der Waals surface area contributed by atoms with Crippen LogP contribution in [0.2, 0.25) is 0 Å². The maximum Gasteiger partial charge on any atom is 0.217 e. The summed E-state index contributed by atoms with van der Waals surface area (Å²) in [6.07, 6.45) is 0.0921. The number of fused-ring (bicyclic) bond motifs is 2. The summed E-state index contributed by atoms with van der Waals surface area (Å²) >= 11 is 0. The number of rotatable bonds is 1. The van der Waals surface area contributed by atoms with Crippen LogP contribution in [0.25, 0.3) is 10.8 Å². The van der Waals surface area contributed by atoms with E-state index in [0.717, 1.165) is 16.5 Å². The molecule has 0 radical (unpaired) electrons. The predicted molar refractivity (Wildman–Crippen MR) is 70.2 cm³/mol. The number of carbonyl (C=O) groups excluding carboxylic acids is 1. The summed E-state index contributed by atoms with van der Waals surface area (Å²) in [6, 6.07) is 12.0. The van der Waals surface area contributed by atoms with Gasteiger partial charge in [0.2, 0.25) is 5.91 Å². The predicted octanol–water partition coefficient (Wildman–Crippen LogP) is 1.93. The maximum atomic E-state index is 11.1. The van der Waals surface area contributed by atoms with Gasteiger partial charge in [0.25, 0.3) is 0 Å². The third-order valence-corrected chi connectivity index (χ3v) is 3.54. The van der Waals surface area contributed by atoms with Crippen molar-refractivity contribution in [1.29, 1.82) is 0 Å². The van der Waals surface area contributed by atoms with E-state index in [1.54, 1.807) is 0 Å². The molecule has 92 valence electrons. The molecule has 1 aliphatic rings.